The molecule has 1 aromatic rings. The van der Waals surface area contributed by atoms with Crippen molar-refractivity contribution in [3.05, 3.63) is 29.8 Å². The molecule has 1 heterocycles. The number of rotatable bonds is 4. The van der Waals surface area contributed by atoms with E-state index in [1.54, 1.807) is 18.2 Å². The second-order valence-electron chi connectivity index (χ2n) is 5.43. The number of nitrogens with one attached hydrogen (secondary N) is 2. The number of nitrogens with zero attached hydrogens (tertiary/aromatic N) is 1. The van der Waals surface area contributed by atoms with Gasteiger partial charge < -0.3 is 20.3 Å². The summed E-state index contributed by atoms with van der Waals surface area (Å²) >= 11 is 0. The van der Waals surface area contributed by atoms with E-state index < -0.39 is 18.1 Å². The van der Waals surface area contributed by atoms with Crippen LogP contribution in [0.2, 0.25) is 0 Å². The summed E-state index contributed by atoms with van der Waals surface area (Å²) in [6.45, 7) is 1.16. The maximum absolute atomic E-state index is 12.4. The first-order valence-electron chi connectivity index (χ1n) is 7.30. The van der Waals surface area contributed by atoms with Crippen molar-refractivity contribution in [3.63, 3.8) is 0 Å². The Bertz CT molecular complexity index is 601. The minimum atomic E-state index is -4.91. The molecule has 0 spiro atoms. The second kappa shape index (κ2) is 7.63. The lowest BCUT2D eigenvalue weighted by molar-refractivity contribution is -0.184. The van der Waals surface area contributed by atoms with Crippen LogP contribution in [0.5, 0.6) is 0 Å². The fraction of sp³-hybridized carbons (Fsp3) is 0.467. The Hall–Kier alpha value is -2.13. The van der Waals surface area contributed by atoms with Crippen molar-refractivity contribution in [2.75, 3.05) is 32.1 Å². The van der Waals surface area contributed by atoms with Crippen LogP contribution in [0, 0.1) is 0 Å². The molecule has 2 amide bonds. The summed E-state index contributed by atoms with van der Waals surface area (Å²) in [6.07, 6.45) is -4.91. The van der Waals surface area contributed by atoms with Crippen molar-refractivity contribution in [1.29, 1.82) is 0 Å². The Morgan fingerprint density at radius 2 is 2.17 bits per heavy atom. The Morgan fingerprint density at radius 1 is 1.42 bits per heavy atom. The van der Waals surface area contributed by atoms with E-state index in [4.69, 9.17) is 4.74 Å². The molecule has 0 aliphatic carbocycles. The first-order chi connectivity index (χ1) is 11.3. The summed E-state index contributed by atoms with van der Waals surface area (Å²) in [7, 11) is 1.07. The monoisotopic (exact) mass is 345 g/mol. The number of amides is 2. The molecule has 2 N–H and O–H groups in total. The van der Waals surface area contributed by atoms with Gasteiger partial charge in [-0.05, 0) is 17.7 Å². The summed E-state index contributed by atoms with van der Waals surface area (Å²) in [4.78, 5) is 23.8. The lowest BCUT2D eigenvalue weighted by Gasteiger charge is -2.23. The summed E-state index contributed by atoms with van der Waals surface area (Å²) in [5, 5.41) is 5.68. The predicted octanol–water partition coefficient (Wildman–Crippen LogP) is 1.13. The van der Waals surface area contributed by atoms with E-state index in [9.17, 15) is 22.8 Å². The number of hydrogen-bond acceptors (Lipinski definition) is 4. The SMILES string of the molecule is CN(Cc1cccc(NC(=O)C2COCCN2)c1)C(=O)C(F)(F)F. The smallest absolute Gasteiger partial charge is 0.378 e. The second-order valence-corrected chi connectivity index (χ2v) is 5.43. The molecule has 1 unspecified atom stereocenters. The van der Waals surface area contributed by atoms with Crippen LogP contribution < -0.4 is 10.6 Å². The molecular weight excluding hydrogens is 327 g/mol. The molecular formula is C15H18F3N3O3. The Labute approximate surface area is 137 Å². The molecule has 132 valence electrons. The third-order valence-corrected chi connectivity index (χ3v) is 3.44. The summed E-state index contributed by atoms with van der Waals surface area (Å²) in [5.41, 5.74) is 0.915. The summed E-state index contributed by atoms with van der Waals surface area (Å²) in [5.74, 6) is -2.20. The van der Waals surface area contributed by atoms with Crippen LogP contribution in [-0.2, 0) is 20.9 Å². The quantitative estimate of drug-likeness (QED) is 0.858. The van der Waals surface area contributed by atoms with Gasteiger partial charge in [0.15, 0.2) is 0 Å². The van der Waals surface area contributed by atoms with Gasteiger partial charge in [0, 0.05) is 25.8 Å². The topological polar surface area (TPSA) is 70.7 Å². The highest BCUT2D eigenvalue weighted by atomic mass is 19.4. The first kappa shape index (κ1) is 18.2. The molecule has 6 nitrogen and oxygen atoms in total. The fourth-order valence-electron chi connectivity index (χ4n) is 2.27. The standard InChI is InChI=1S/C15H18F3N3O3/c1-21(14(23)15(16,17)18)8-10-3-2-4-11(7-10)20-13(22)12-9-24-6-5-19-12/h2-4,7,12,19H,5-6,8-9H2,1H3,(H,20,22). The molecule has 0 saturated carbocycles. The van der Waals surface area contributed by atoms with Crippen molar-refractivity contribution in [3.8, 4) is 0 Å². The average Bonchev–Trinajstić information content (AvgIpc) is 2.54. The van der Waals surface area contributed by atoms with Gasteiger partial charge in [-0.1, -0.05) is 12.1 Å². The number of carbonyl (C=O) groups excluding carboxylic acids is 2. The number of benzene rings is 1. The number of ether oxygens (including phenoxy) is 1. The van der Waals surface area contributed by atoms with Gasteiger partial charge in [-0.25, -0.2) is 0 Å². The van der Waals surface area contributed by atoms with Gasteiger partial charge in [-0.2, -0.15) is 13.2 Å². The molecule has 0 aromatic heterocycles. The maximum Gasteiger partial charge on any atom is 0.471 e. The van der Waals surface area contributed by atoms with Crippen LogP contribution in [0.25, 0.3) is 0 Å². The number of carbonyl (C=O) groups is 2. The third-order valence-electron chi connectivity index (χ3n) is 3.44. The molecule has 24 heavy (non-hydrogen) atoms. The van der Waals surface area contributed by atoms with Crippen molar-refractivity contribution in [2.24, 2.45) is 0 Å². The van der Waals surface area contributed by atoms with Crippen LogP contribution in [0.15, 0.2) is 24.3 Å². The van der Waals surface area contributed by atoms with Gasteiger partial charge >= 0.3 is 12.1 Å². The number of alkyl halides is 3. The van der Waals surface area contributed by atoms with E-state index >= 15 is 0 Å². The van der Waals surface area contributed by atoms with Crippen molar-refractivity contribution in [2.45, 2.75) is 18.8 Å². The van der Waals surface area contributed by atoms with Crippen LogP contribution in [0.1, 0.15) is 5.56 Å². The number of hydrogen-bond donors (Lipinski definition) is 2. The minimum Gasteiger partial charge on any atom is -0.378 e. The Morgan fingerprint density at radius 3 is 2.79 bits per heavy atom. The lowest BCUT2D eigenvalue weighted by Crippen LogP contribution is -2.48. The molecule has 1 aliphatic heterocycles. The van der Waals surface area contributed by atoms with Gasteiger partial charge in [0.2, 0.25) is 5.91 Å². The van der Waals surface area contributed by atoms with E-state index in [1.807, 2.05) is 0 Å². The molecule has 0 bridgehead atoms. The number of anilines is 1. The third kappa shape index (κ3) is 4.93. The van der Waals surface area contributed by atoms with E-state index in [0.717, 1.165) is 7.05 Å². The van der Waals surface area contributed by atoms with Crippen LogP contribution in [-0.4, -0.2) is 55.7 Å². The zero-order valence-electron chi connectivity index (χ0n) is 13.0. The maximum atomic E-state index is 12.4. The molecule has 0 radical (unpaired) electrons. The van der Waals surface area contributed by atoms with E-state index in [2.05, 4.69) is 10.6 Å². The first-order valence-corrected chi connectivity index (χ1v) is 7.30. The predicted molar refractivity (Wildman–Crippen MR) is 80.2 cm³/mol. The van der Waals surface area contributed by atoms with Crippen molar-refractivity contribution < 1.29 is 27.5 Å². The number of halogens is 3. The van der Waals surface area contributed by atoms with Crippen LogP contribution >= 0.6 is 0 Å². The molecule has 1 saturated heterocycles. The van der Waals surface area contributed by atoms with Gasteiger partial charge in [0.25, 0.3) is 0 Å². The molecule has 1 aromatic carbocycles. The Kier molecular flexibility index (Phi) is 5.79. The van der Waals surface area contributed by atoms with Gasteiger partial charge in [0.05, 0.1) is 13.2 Å². The van der Waals surface area contributed by atoms with E-state index in [1.165, 1.54) is 6.07 Å². The zero-order chi connectivity index (χ0) is 17.7. The molecule has 9 heteroatoms. The highest BCUT2D eigenvalue weighted by molar-refractivity contribution is 5.95. The van der Waals surface area contributed by atoms with E-state index in [0.29, 0.717) is 29.3 Å². The van der Waals surface area contributed by atoms with Crippen molar-refractivity contribution in [1.82, 2.24) is 10.2 Å². The largest absolute Gasteiger partial charge is 0.471 e. The molecule has 2 rings (SSSR count). The lowest BCUT2D eigenvalue weighted by atomic mass is 10.1. The molecule has 1 atom stereocenters. The van der Waals surface area contributed by atoms with Gasteiger partial charge in [0.1, 0.15) is 6.04 Å². The summed E-state index contributed by atoms with van der Waals surface area (Å²) in [6, 6.07) is 5.86. The molecule has 1 aliphatic rings. The van der Waals surface area contributed by atoms with Crippen LogP contribution in [0.4, 0.5) is 18.9 Å². The van der Waals surface area contributed by atoms with Crippen molar-refractivity contribution >= 4 is 17.5 Å². The highest BCUT2D eigenvalue weighted by Crippen LogP contribution is 2.20. The van der Waals surface area contributed by atoms with Gasteiger partial charge in [-0.3, -0.25) is 9.59 Å². The highest BCUT2D eigenvalue weighted by Gasteiger charge is 2.41. The van der Waals surface area contributed by atoms with Crippen LogP contribution in [0.3, 0.4) is 0 Å². The van der Waals surface area contributed by atoms with Gasteiger partial charge in [-0.15, -0.1) is 0 Å². The minimum absolute atomic E-state index is 0.215. The molecule has 1 fully saturated rings. The average molecular weight is 345 g/mol. The van der Waals surface area contributed by atoms with E-state index in [-0.39, 0.29) is 19.1 Å². The summed E-state index contributed by atoms with van der Waals surface area (Å²) < 4.78 is 42.4. The Balaban J connectivity index is 1.98. The normalized spacial score (nSPS) is 18.1. The zero-order valence-corrected chi connectivity index (χ0v) is 13.0. The fourth-order valence-corrected chi connectivity index (χ4v) is 2.27. The number of morpholine rings is 1.